The fourth-order valence-electron chi connectivity index (χ4n) is 2.31. The lowest BCUT2D eigenvalue weighted by Gasteiger charge is -2.19. The summed E-state index contributed by atoms with van der Waals surface area (Å²) in [7, 11) is 3.26. The molecule has 2 atom stereocenters. The van der Waals surface area contributed by atoms with E-state index >= 15 is 0 Å². The van der Waals surface area contributed by atoms with Crippen LogP contribution in [0.3, 0.4) is 0 Å². The fraction of sp³-hybridized carbons (Fsp3) is 0.462. The van der Waals surface area contributed by atoms with Crippen molar-refractivity contribution in [3.05, 3.63) is 29.6 Å². The summed E-state index contributed by atoms with van der Waals surface area (Å²) >= 11 is 4.83. The Hall–Kier alpha value is -1.24. The lowest BCUT2D eigenvalue weighted by atomic mass is 10.2. The standard InChI is InChI=1S/C13H17FN2O2S/c1-17-11-6-16(7-12(11)18-2)10-4-3-8(13(15)19)5-9(10)14/h3-5,11-12H,6-7H2,1-2H3,(H2,15,19). The van der Waals surface area contributed by atoms with Gasteiger partial charge in [-0.1, -0.05) is 12.2 Å². The normalized spacial score (nSPS) is 22.8. The Morgan fingerprint density at radius 2 is 1.89 bits per heavy atom. The molecule has 0 spiro atoms. The molecule has 4 nitrogen and oxygen atoms in total. The first kappa shape index (κ1) is 14.2. The zero-order valence-electron chi connectivity index (χ0n) is 10.9. The van der Waals surface area contributed by atoms with Gasteiger partial charge in [0.05, 0.1) is 5.69 Å². The van der Waals surface area contributed by atoms with Crippen molar-refractivity contribution in [1.82, 2.24) is 0 Å². The van der Waals surface area contributed by atoms with E-state index in [1.165, 1.54) is 6.07 Å². The molecule has 0 aromatic heterocycles. The Labute approximate surface area is 117 Å². The predicted molar refractivity (Wildman–Crippen MR) is 76.1 cm³/mol. The molecule has 2 N–H and O–H groups in total. The van der Waals surface area contributed by atoms with Crippen LogP contribution in [0.2, 0.25) is 0 Å². The minimum atomic E-state index is -0.336. The quantitative estimate of drug-likeness (QED) is 0.845. The second-order valence-electron chi connectivity index (χ2n) is 4.48. The van der Waals surface area contributed by atoms with E-state index < -0.39 is 0 Å². The minimum Gasteiger partial charge on any atom is -0.389 e. The van der Waals surface area contributed by atoms with Gasteiger partial charge in [0.15, 0.2) is 0 Å². The monoisotopic (exact) mass is 284 g/mol. The molecule has 0 aliphatic carbocycles. The van der Waals surface area contributed by atoms with Crippen LogP contribution in [0.4, 0.5) is 10.1 Å². The number of hydrogen-bond donors (Lipinski definition) is 1. The number of nitrogens with zero attached hydrogens (tertiary/aromatic N) is 1. The van der Waals surface area contributed by atoms with Crippen LogP contribution in [-0.2, 0) is 9.47 Å². The first-order valence-corrected chi connectivity index (χ1v) is 6.37. The third kappa shape index (κ3) is 2.86. The fourth-order valence-corrected chi connectivity index (χ4v) is 2.44. The lowest BCUT2D eigenvalue weighted by Crippen LogP contribution is -2.27. The summed E-state index contributed by atoms with van der Waals surface area (Å²) in [6.07, 6.45) is -0.112. The maximum Gasteiger partial charge on any atom is 0.147 e. The number of rotatable bonds is 4. The van der Waals surface area contributed by atoms with E-state index in [-0.39, 0.29) is 23.0 Å². The molecule has 1 aromatic carbocycles. The molecule has 0 amide bonds. The van der Waals surface area contributed by atoms with E-state index in [0.717, 1.165) is 0 Å². The van der Waals surface area contributed by atoms with Gasteiger partial charge >= 0.3 is 0 Å². The molecule has 6 heteroatoms. The zero-order chi connectivity index (χ0) is 14.0. The smallest absolute Gasteiger partial charge is 0.147 e. The number of hydrogen-bond acceptors (Lipinski definition) is 4. The molecule has 0 saturated carbocycles. The summed E-state index contributed by atoms with van der Waals surface area (Å²) in [5, 5.41) is 0. The topological polar surface area (TPSA) is 47.7 Å². The molecule has 19 heavy (non-hydrogen) atoms. The van der Waals surface area contributed by atoms with Gasteiger partial charge in [0.2, 0.25) is 0 Å². The van der Waals surface area contributed by atoms with Crippen molar-refractivity contribution < 1.29 is 13.9 Å². The van der Waals surface area contributed by atoms with Gasteiger partial charge in [0.25, 0.3) is 0 Å². The third-order valence-electron chi connectivity index (χ3n) is 3.39. The summed E-state index contributed by atoms with van der Waals surface area (Å²) in [5.74, 6) is -0.336. The van der Waals surface area contributed by atoms with E-state index in [2.05, 4.69) is 0 Å². The molecule has 1 aromatic rings. The van der Waals surface area contributed by atoms with E-state index in [4.69, 9.17) is 27.4 Å². The highest BCUT2D eigenvalue weighted by atomic mass is 32.1. The van der Waals surface area contributed by atoms with Crippen molar-refractivity contribution in [3.63, 3.8) is 0 Å². The highest BCUT2D eigenvalue weighted by molar-refractivity contribution is 7.80. The largest absolute Gasteiger partial charge is 0.389 e. The molecule has 1 saturated heterocycles. The van der Waals surface area contributed by atoms with Crippen LogP contribution in [0.5, 0.6) is 0 Å². The summed E-state index contributed by atoms with van der Waals surface area (Å²) in [6.45, 7) is 1.19. The maximum absolute atomic E-state index is 14.1. The molecular weight excluding hydrogens is 267 g/mol. The van der Waals surface area contributed by atoms with Crippen molar-refractivity contribution in [1.29, 1.82) is 0 Å². The Bertz CT molecular complexity index is 472. The summed E-state index contributed by atoms with van der Waals surface area (Å²) in [4.78, 5) is 2.09. The van der Waals surface area contributed by atoms with Crippen LogP contribution in [0.25, 0.3) is 0 Å². The van der Waals surface area contributed by atoms with Gasteiger partial charge in [-0.05, 0) is 18.2 Å². The van der Waals surface area contributed by atoms with Crippen LogP contribution in [0.1, 0.15) is 5.56 Å². The Balaban J connectivity index is 2.21. The van der Waals surface area contributed by atoms with E-state index in [0.29, 0.717) is 24.3 Å². The second-order valence-corrected chi connectivity index (χ2v) is 4.92. The highest BCUT2D eigenvalue weighted by Crippen LogP contribution is 2.26. The summed E-state index contributed by atoms with van der Waals surface area (Å²) < 4.78 is 24.8. The molecule has 2 rings (SSSR count). The van der Waals surface area contributed by atoms with Crippen molar-refractivity contribution in [2.75, 3.05) is 32.2 Å². The lowest BCUT2D eigenvalue weighted by molar-refractivity contribution is -0.00461. The van der Waals surface area contributed by atoms with Gasteiger partial charge in [-0.25, -0.2) is 4.39 Å². The second kappa shape index (κ2) is 5.81. The molecule has 1 aliphatic heterocycles. The minimum absolute atomic E-state index is 0.0559. The van der Waals surface area contributed by atoms with E-state index in [1.54, 1.807) is 26.4 Å². The molecular formula is C13H17FN2O2S. The molecule has 104 valence electrons. The maximum atomic E-state index is 14.1. The first-order chi connectivity index (χ1) is 9.06. The van der Waals surface area contributed by atoms with Gasteiger partial charge in [-0.3, -0.25) is 0 Å². The van der Waals surface area contributed by atoms with Crippen molar-refractivity contribution in [2.45, 2.75) is 12.2 Å². The van der Waals surface area contributed by atoms with Crippen molar-refractivity contribution in [2.24, 2.45) is 5.73 Å². The summed E-state index contributed by atoms with van der Waals surface area (Å²) in [6, 6.07) is 4.77. The van der Waals surface area contributed by atoms with Crippen LogP contribution in [-0.4, -0.2) is 44.5 Å². The zero-order valence-corrected chi connectivity index (χ0v) is 11.7. The van der Waals surface area contributed by atoms with Crippen molar-refractivity contribution >= 4 is 22.9 Å². The van der Waals surface area contributed by atoms with Gasteiger partial charge in [-0.15, -0.1) is 0 Å². The van der Waals surface area contributed by atoms with E-state index in [1.807, 2.05) is 4.90 Å². The number of benzene rings is 1. The number of halogens is 1. The average Bonchev–Trinajstić information content (AvgIpc) is 2.81. The number of methoxy groups -OCH3 is 2. The SMILES string of the molecule is COC1CN(c2ccc(C(N)=S)cc2F)CC1OC. The number of nitrogens with two attached hydrogens (primary N) is 1. The Kier molecular flexibility index (Phi) is 4.34. The third-order valence-corrected chi connectivity index (χ3v) is 3.63. The van der Waals surface area contributed by atoms with Gasteiger partial charge in [-0.2, -0.15) is 0 Å². The first-order valence-electron chi connectivity index (χ1n) is 5.96. The highest BCUT2D eigenvalue weighted by Gasteiger charge is 2.34. The molecule has 1 aliphatic rings. The number of anilines is 1. The molecule has 0 radical (unpaired) electrons. The van der Waals surface area contributed by atoms with Gasteiger partial charge < -0.3 is 20.1 Å². The van der Waals surface area contributed by atoms with Gasteiger partial charge in [0, 0.05) is 32.9 Å². The Morgan fingerprint density at radius 1 is 1.32 bits per heavy atom. The molecule has 0 bridgehead atoms. The number of ether oxygens (including phenoxy) is 2. The molecule has 1 fully saturated rings. The number of thiocarbonyl (C=S) groups is 1. The van der Waals surface area contributed by atoms with Gasteiger partial charge in [0.1, 0.15) is 23.0 Å². The van der Waals surface area contributed by atoms with Crippen LogP contribution >= 0.6 is 12.2 Å². The summed E-state index contributed by atoms with van der Waals surface area (Å²) in [5.41, 5.74) is 6.53. The molecule has 1 heterocycles. The van der Waals surface area contributed by atoms with Crippen LogP contribution in [0.15, 0.2) is 18.2 Å². The van der Waals surface area contributed by atoms with Crippen LogP contribution in [0, 0.1) is 5.82 Å². The van der Waals surface area contributed by atoms with Crippen LogP contribution < -0.4 is 10.6 Å². The molecule has 2 unspecified atom stereocenters. The Morgan fingerprint density at radius 3 is 2.32 bits per heavy atom. The van der Waals surface area contributed by atoms with Crippen molar-refractivity contribution in [3.8, 4) is 0 Å². The van der Waals surface area contributed by atoms with E-state index in [9.17, 15) is 4.39 Å². The predicted octanol–water partition coefficient (Wildman–Crippen LogP) is 1.31. The average molecular weight is 284 g/mol.